The number of hydrogen-bond acceptors (Lipinski definition) is 5. The fourth-order valence-electron chi connectivity index (χ4n) is 5.94. The first-order valence-electron chi connectivity index (χ1n) is 14.9. The Balaban J connectivity index is 1.11. The summed E-state index contributed by atoms with van der Waals surface area (Å²) in [6, 6.07) is 14.5. The summed E-state index contributed by atoms with van der Waals surface area (Å²) < 4.78 is 63.0. The number of fused-ring (bicyclic) bond motifs is 1. The van der Waals surface area contributed by atoms with Gasteiger partial charge in [-0.3, -0.25) is 9.78 Å². The van der Waals surface area contributed by atoms with Gasteiger partial charge in [0.25, 0.3) is 0 Å². The van der Waals surface area contributed by atoms with Crippen molar-refractivity contribution in [1.82, 2.24) is 20.3 Å². The number of carbonyl (C=O) groups excluding carboxylic acids is 1. The first kappa shape index (κ1) is 30.6. The maximum atomic E-state index is 15.0. The van der Waals surface area contributed by atoms with Gasteiger partial charge in [0, 0.05) is 37.6 Å². The van der Waals surface area contributed by atoms with E-state index in [2.05, 4.69) is 20.3 Å². The van der Waals surface area contributed by atoms with Gasteiger partial charge in [0.1, 0.15) is 34.9 Å². The van der Waals surface area contributed by atoms with Gasteiger partial charge in [-0.25, -0.2) is 22.5 Å². The standard InChI is InChI=1S/C35H32F4N4O2/c1-20-2-9-32-33(10-20)43-35(42-32)34-19-45-28(17-41-34)7-8-29-23(16-40-18-31(29)39)13-27(44)15-30(21-3-5-24(36)6-4-21)22-11-25(37)14-26(38)12-22/h2-6,9-12,14,16,18,28,30,34,41H,7-8,13,15,17,19H2,1H3,(H,42,43)/t28-,30+,34+/m1/s1. The molecular formula is C35H32F4N4O2. The monoisotopic (exact) mass is 616 g/mol. The summed E-state index contributed by atoms with van der Waals surface area (Å²) in [6.07, 6.45) is 3.03. The quantitative estimate of drug-likeness (QED) is 0.169. The zero-order valence-corrected chi connectivity index (χ0v) is 24.6. The highest BCUT2D eigenvalue weighted by Crippen LogP contribution is 2.31. The molecule has 3 heterocycles. The Morgan fingerprint density at radius 1 is 0.956 bits per heavy atom. The number of rotatable bonds is 10. The maximum absolute atomic E-state index is 15.0. The third-order valence-corrected chi connectivity index (χ3v) is 8.27. The van der Waals surface area contributed by atoms with Crippen molar-refractivity contribution in [2.24, 2.45) is 0 Å². The first-order valence-corrected chi connectivity index (χ1v) is 14.9. The lowest BCUT2D eigenvalue weighted by Gasteiger charge is -2.29. The average Bonchev–Trinajstić information content (AvgIpc) is 3.43. The van der Waals surface area contributed by atoms with Crippen LogP contribution in [0.3, 0.4) is 0 Å². The molecule has 1 aliphatic rings. The predicted molar refractivity (Wildman–Crippen MR) is 162 cm³/mol. The first-order chi connectivity index (χ1) is 21.7. The summed E-state index contributed by atoms with van der Waals surface area (Å²) in [5, 5.41) is 3.47. The number of nitrogens with zero attached hydrogens (tertiary/aromatic N) is 2. The van der Waals surface area contributed by atoms with Gasteiger partial charge in [-0.2, -0.15) is 0 Å². The number of carbonyl (C=O) groups is 1. The minimum atomic E-state index is -0.778. The molecule has 0 aliphatic carbocycles. The highest BCUT2D eigenvalue weighted by atomic mass is 19.1. The predicted octanol–water partition coefficient (Wildman–Crippen LogP) is 6.82. The molecule has 232 valence electrons. The van der Waals surface area contributed by atoms with Crippen molar-refractivity contribution in [3.8, 4) is 0 Å². The molecule has 0 unspecified atom stereocenters. The molecule has 2 N–H and O–H groups in total. The van der Waals surface area contributed by atoms with E-state index in [-0.39, 0.29) is 36.3 Å². The highest BCUT2D eigenvalue weighted by Gasteiger charge is 2.26. The number of morpholine rings is 1. The fourth-order valence-corrected chi connectivity index (χ4v) is 5.94. The molecule has 0 bridgehead atoms. The third-order valence-electron chi connectivity index (χ3n) is 8.27. The molecule has 10 heteroatoms. The van der Waals surface area contributed by atoms with Crippen LogP contribution in [0.25, 0.3) is 11.0 Å². The number of aryl methyl sites for hydroxylation is 1. The maximum Gasteiger partial charge on any atom is 0.144 e. The number of imidazole rings is 1. The summed E-state index contributed by atoms with van der Waals surface area (Å²) in [5.74, 6) is -2.74. The number of benzene rings is 3. The largest absolute Gasteiger partial charge is 0.375 e. The molecule has 0 saturated carbocycles. The van der Waals surface area contributed by atoms with Gasteiger partial charge >= 0.3 is 0 Å². The van der Waals surface area contributed by atoms with E-state index in [1.54, 1.807) is 0 Å². The smallest absolute Gasteiger partial charge is 0.144 e. The number of halogens is 4. The number of ketones is 1. The molecule has 1 saturated heterocycles. The Hall–Kier alpha value is -4.41. The molecule has 1 aliphatic heterocycles. The molecule has 3 aromatic carbocycles. The molecular weight excluding hydrogens is 584 g/mol. The van der Waals surface area contributed by atoms with Crippen LogP contribution in [0.5, 0.6) is 0 Å². The number of aromatic amines is 1. The minimum absolute atomic E-state index is 0.0968. The van der Waals surface area contributed by atoms with Crippen LogP contribution < -0.4 is 5.32 Å². The van der Waals surface area contributed by atoms with E-state index in [0.717, 1.165) is 46.8 Å². The number of H-pyrrole nitrogens is 1. The highest BCUT2D eigenvalue weighted by molar-refractivity contribution is 5.82. The normalized spacial score (nSPS) is 17.4. The number of aromatic nitrogens is 3. The van der Waals surface area contributed by atoms with Crippen molar-refractivity contribution in [2.45, 2.75) is 50.7 Å². The van der Waals surface area contributed by atoms with E-state index in [1.807, 2.05) is 25.1 Å². The summed E-state index contributed by atoms with van der Waals surface area (Å²) >= 11 is 0. The molecule has 0 spiro atoms. The molecule has 0 amide bonds. The van der Waals surface area contributed by atoms with Crippen LogP contribution in [0.2, 0.25) is 0 Å². The number of pyridine rings is 1. The van der Waals surface area contributed by atoms with Crippen molar-refractivity contribution in [2.75, 3.05) is 13.2 Å². The molecule has 45 heavy (non-hydrogen) atoms. The fraction of sp³-hybridized carbons (Fsp3) is 0.286. The molecule has 2 aromatic heterocycles. The van der Waals surface area contributed by atoms with Crippen LogP contribution in [0, 0.1) is 30.2 Å². The Morgan fingerprint density at radius 3 is 2.47 bits per heavy atom. The Morgan fingerprint density at radius 2 is 1.73 bits per heavy atom. The summed E-state index contributed by atoms with van der Waals surface area (Å²) in [7, 11) is 0. The number of Topliss-reactive ketones (excluding diaryl/α,β-unsaturated/α-hetero) is 1. The second-order valence-electron chi connectivity index (χ2n) is 11.6. The Bertz CT molecular complexity index is 1800. The molecule has 5 aromatic rings. The molecule has 1 fully saturated rings. The van der Waals surface area contributed by atoms with Crippen molar-refractivity contribution >= 4 is 16.8 Å². The molecule has 6 nitrogen and oxygen atoms in total. The van der Waals surface area contributed by atoms with Gasteiger partial charge < -0.3 is 15.0 Å². The van der Waals surface area contributed by atoms with E-state index in [9.17, 15) is 18.0 Å². The summed E-state index contributed by atoms with van der Waals surface area (Å²) in [5.41, 5.74) is 4.62. The van der Waals surface area contributed by atoms with Gasteiger partial charge in [-0.1, -0.05) is 18.2 Å². The lowest BCUT2D eigenvalue weighted by atomic mass is 9.85. The third kappa shape index (κ3) is 7.29. The van der Waals surface area contributed by atoms with Crippen LogP contribution in [-0.2, 0) is 22.4 Å². The Kier molecular flexibility index (Phi) is 9.04. The lowest BCUT2D eigenvalue weighted by Crippen LogP contribution is -2.41. The number of nitrogens with one attached hydrogen (secondary N) is 2. The van der Waals surface area contributed by atoms with E-state index in [4.69, 9.17) is 4.74 Å². The number of hydrogen-bond donors (Lipinski definition) is 2. The van der Waals surface area contributed by atoms with E-state index < -0.39 is 29.2 Å². The second kappa shape index (κ2) is 13.3. The summed E-state index contributed by atoms with van der Waals surface area (Å²) in [4.78, 5) is 25.4. The average molecular weight is 617 g/mol. The SMILES string of the molecule is Cc1ccc2nc([C@@H]3CO[C@H](CCc4c(F)cncc4CC(=O)C[C@@H](c4ccc(F)cc4)c4cc(F)cc(F)c4)CN3)[nH]c2c1. The van der Waals surface area contributed by atoms with Crippen LogP contribution in [0.15, 0.2) is 73.1 Å². The van der Waals surface area contributed by atoms with Gasteiger partial charge in [0.15, 0.2) is 0 Å². The molecule has 0 radical (unpaired) electrons. The van der Waals surface area contributed by atoms with E-state index >= 15 is 4.39 Å². The van der Waals surface area contributed by atoms with Crippen molar-refractivity contribution in [3.63, 3.8) is 0 Å². The van der Waals surface area contributed by atoms with Crippen LogP contribution >= 0.6 is 0 Å². The van der Waals surface area contributed by atoms with Crippen LogP contribution in [-0.4, -0.2) is 40.0 Å². The van der Waals surface area contributed by atoms with Gasteiger partial charge in [0.2, 0.25) is 0 Å². The minimum Gasteiger partial charge on any atom is -0.375 e. The van der Waals surface area contributed by atoms with Gasteiger partial charge in [0.05, 0.1) is 36.0 Å². The van der Waals surface area contributed by atoms with Gasteiger partial charge in [-0.15, -0.1) is 0 Å². The van der Waals surface area contributed by atoms with Crippen molar-refractivity contribution in [3.05, 3.63) is 130 Å². The van der Waals surface area contributed by atoms with E-state index in [1.165, 1.54) is 30.5 Å². The topological polar surface area (TPSA) is 79.9 Å². The van der Waals surface area contributed by atoms with Crippen LogP contribution in [0.1, 0.15) is 58.4 Å². The van der Waals surface area contributed by atoms with Crippen LogP contribution in [0.4, 0.5) is 17.6 Å². The van der Waals surface area contributed by atoms with E-state index in [0.29, 0.717) is 42.7 Å². The van der Waals surface area contributed by atoms with Crippen molar-refractivity contribution in [1.29, 1.82) is 0 Å². The Labute approximate surface area is 257 Å². The molecule has 6 rings (SSSR count). The van der Waals surface area contributed by atoms with Crippen molar-refractivity contribution < 1.29 is 27.1 Å². The summed E-state index contributed by atoms with van der Waals surface area (Å²) in [6.45, 7) is 2.98. The zero-order valence-electron chi connectivity index (χ0n) is 24.6. The molecule has 3 atom stereocenters. The second-order valence-corrected chi connectivity index (χ2v) is 11.6. The lowest BCUT2D eigenvalue weighted by molar-refractivity contribution is -0.118. The zero-order chi connectivity index (χ0) is 31.5. The number of ether oxygens (including phenoxy) is 1. The van der Waals surface area contributed by atoms with Gasteiger partial charge in [-0.05, 0) is 84.0 Å².